The third kappa shape index (κ3) is 5.88. The normalized spacial score (nSPS) is 20.3. The Morgan fingerprint density at radius 1 is 1.21 bits per heavy atom. The van der Waals surface area contributed by atoms with E-state index in [1.54, 1.807) is 0 Å². The van der Waals surface area contributed by atoms with Gasteiger partial charge in [-0.2, -0.15) is 0 Å². The second-order valence-electron chi connectivity index (χ2n) is 8.83. The van der Waals surface area contributed by atoms with Gasteiger partial charge in [0, 0.05) is 6.54 Å². The van der Waals surface area contributed by atoms with E-state index in [-0.39, 0.29) is 17.6 Å². The van der Waals surface area contributed by atoms with Crippen LogP contribution in [0, 0.1) is 11.7 Å². The van der Waals surface area contributed by atoms with Crippen molar-refractivity contribution in [3.63, 3.8) is 0 Å². The van der Waals surface area contributed by atoms with Gasteiger partial charge >= 0.3 is 0 Å². The summed E-state index contributed by atoms with van der Waals surface area (Å²) in [6.45, 7) is 5.27. The summed E-state index contributed by atoms with van der Waals surface area (Å²) < 4.78 is 14.9. The fourth-order valence-corrected chi connectivity index (χ4v) is 5.15. The average Bonchev–Trinajstić information content (AvgIpc) is 2.73. The van der Waals surface area contributed by atoms with E-state index >= 15 is 0 Å². The number of carbonyl (C=O) groups is 2. The summed E-state index contributed by atoms with van der Waals surface area (Å²) in [5, 5.41) is 2.22. The molecule has 1 aliphatic heterocycles. The van der Waals surface area contributed by atoms with E-state index in [0.29, 0.717) is 18.4 Å². The van der Waals surface area contributed by atoms with Crippen LogP contribution in [0.2, 0.25) is 0 Å². The molecule has 2 fully saturated rings. The Hall–Kier alpha value is -1.75. The molecule has 1 aliphatic carbocycles. The molecule has 1 aromatic rings. The number of benzene rings is 1. The van der Waals surface area contributed by atoms with Crippen molar-refractivity contribution in [2.75, 3.05) is 19.6 Å². The third-order valence-electron chi connectivity index (χ3n) is 6.79. The fourth-order valence-electron chi connectivity index (χ4n) is 5.15. The van der Waals surface area contributed by atoms with E-state index in [2.05, 4.69) is 10.2 Å². The predicted molar refractivity (Wildman–Crippen MR) is 113 cm³/mol. The second-order valence-corrected chi connectivity index (χ2v) is 8.83. The van der Waals surface area contributed by atoms with Gasteiger partial charge in [-0.15, -0.1) is 0 Å². The lowest BCUT2D eigenvalue weighted by Crippen LogP contribution is -2.37. The quantitative estimate of drug-likeness (QED) is 0.639. The maximum absolute atomic E-state index is 14.9. The van der Waals surface area contributed by atoms with Crippen molar-refractivity contribution in [3.8, 4) is 0 Å². The maximum Gasteiger partial charge on any atom is 0.233 e. The van der Waals surface area contributed by atoms with Crippen molar-refractivity contribution in [3.05, 3.63) is 35.1 Å². The van der Waals surface area contributed by atoms with Gasteiger partial charge in [0.2, 0.25) is 12.3 Å². The van der Waals surface area contributed by atoms with Gasteiger partial charge in [-0.05, 0) is 74.2 Å². The number of likely N-dealkylation sites (tertiary alicyclic amines) is 1. The molecule has 1 aromatic carbocycles. The predicted octanol–water partition coefficient (Wildman–Crippen LogP) is 4.74. The molecule has 5 heteroatoms. The smallest absolute Gasteiger partial charge is 0.233 e. The highest BCUT2D eigenvalue weighted by molar-refractivity contribution is 5.91. The van der Waals surface area contributed by atoms with Crippen molar-refractivity contribution in [1.82, 2.24) is 10.2 Å². The lowest BCUT2D eigenvalue weighted by molar-refractivity contribution is -0.126. The number of nitrogens with zero attached hydrogens (tertiary/aromatic N) is 1. The van der Waals surface area contributed by atoms with Crippen LogP contribution in [-0.2, 0) is 9.59 Å². The molecule has 2 aliphatic rings. The first-order valence-electron chi connectivity index (χ1n) is 11.4. The van der Waals surface area contributed by atoms with Crippen LogP contribution < -0.4 is 5.32 Å². The highest BCUT2D eigenvalue weighted by atomic mass is 19.1. The van der Waals surface area contributed by atoms with E-state index in [4.69, 9.17) is 0 Å². The van der Waals surface area contributed by atoms with Crippen LogP contribution >= 0.6 is 0 Å². The molecule has 1 heterocycles. The molecule has 1 saturated carbocycles. The molecule has 0 spiro atoms. The van der Waals surface area contributed by atoms with Crippen molar-refractivity contribution in [1.29, 1.82) is 0 Å². The maximum atomic E-state index is 14.9. The van der Waals surface area contributed by atoms with Gasteiger partial charge in [0.25, 0.3) is 0 Å². The van der Waals surface area contributed by atoms with E-state index in [9.17, 15) is 14.0 Å². The topological polar surface area (TPSA) is 49.4 Å². The summed E-state index contributed by atoms with van der Waals surface area (Å²) in [5.74, 6) is 0.0498. The number of piperidine rings is 1. The van der Waals surface area contributed by atoms with E-state index < -0.39 is 5.92 Å². The first-order chi connectivity index (χ1) is 14.1. The molecular weight excluding hydrogens is 367 g/mol. The zero-order valence-corrected chi connectivity index (χ0v) is 17.7. The van der Waals surface area contributed by atoms with Gasteiger partial charge < -0.3 is 4.90 Å². The summed E-state index contributed by atoms with van der Waals surface area (Å²) in [5.41, 5.74) is 1.43. The monoisotopic (exact) mass is 402 g/mol. The summed E-state index contributed by atoms with van der Waals surface area (Å²) in [4.78, 5) is 25.4. The van der Waals surface area contributed by atoms with Crippen LogP contribution in [0.15, 0.2) is 18.2 Å². The first kappa shape index (κ1) is 21.9. The Kier molecular flexibility index (Phi) is 8.22. The summed E-state index contributed by atoms with van der Waals surface area (Å²) in [6, 6.07) is 5.24. The zero-order valence-electron chi connectivity index (χ0n) is 17.7. The van der Waals surface area contributed by atoms with Gasteiger partial charge in [-0.3, -0.25) is 14.9 Å². The fraction of sp³-hybridized carbons (Fsp3) is 0.667. The highest BCUT2D eigenvalue weighted by Crippen LogP contribution is 2.33. The lowest BCUT2D eigenvalue weighted by Gasteiger charge is -2.35. The van der Waals surface area contributed by atoms with Gasteiger partial charge in [0.05, 0.1) is 5.92 Å². The number of nitrogens with one attached hydrogen (secondary N) is 1. The summed E-state index contributed by atoms with van der Waals surface area (Å²) in [6.07, 6.45) is 10.7. The van der Waals surface area contributed by atoms with Gasteiger partial charge in [-0.1, -0.05) is 44.7 Å². The van der Waals surface area contributed by atoms with Crippen LogP contribution in [0.1, 0.15) is 87.7 Å². The SMILES string of the molecule is CCCC(C(=O)NC=O)c1ccc(C2CCN(CC3CCCCC3)CC2)c(F)c1. The Labute approximate surface area is 174 Å². The van der Waals surface area contributed by atoms with Crippen molar-refractivity contribution in [2.45, 2.75) is 76.5 Å². The number of amides is 2. The first-order valence-corrected chi connectivity index (χ1v) is 11.4. The molecule has 1 unspecified atom stereocenters. The number of hydrogen-bond acceptors (Lipinski definition) is 3. The molecule has 0 aromatic heterocycles. The molecule has 29 heavy (non-hydrogen) atoms. The molecule has 4 nitrogen and oxygen atoms in total. The third-order valence-corrected chi connectivity index (χ3v) is 6.79. The van der Waals surface area contributed by atoms with Gasteiger partial charge in [0.15, 0.2) is 0 Å². The molecule has 1 N–H and O–H groups in total. The highest BCUT2D eigenvalue weighted by Gasteiger charge is 2.26. The van der Waals surface area contributed by atoms with Crippen LogP contribution in [0.4, 0.5) is 4.39 Å². The average molecular weight is 403 g/mol. The van der Waals surface area contributed by atoms with E-state index in [1.165, 1.54) is 44.7 Å². The zero-order chi connectivity index (χ0) is 20.6. The van der Waals surface area contributed by atoms with Crippen LogP contribution in [0.25, 0.3) is 0 Å². The van der Waals surface area contributed by atoms with Crippen LogP contribution in [0.5, 0.6) is 0 Å². The minimum atomic E-state index is -0.480. The number of rotatable bonds is 8. The molecule has 160 valence electrons. The van der Waals surface area contributed by atoms with Gasteiger partial charge in [-0.25, -0.2) is 4.39 Å². The standard InChI is InChI=1S/C24H35FN2O2/c1-2-6-22(24(29)26-17-28)20-9-10-21(23(25)15-20)19-11-13-27(14-12-19)16-18-7-4-3-5-8-18/h9-10,15,17-19,22H,2-8,11-14,16H2,1H3,(H,26,28,29). The summed E-state index contributed by atoms with van der Waals surface area (Å²) in [7, 11) is 0. The molecule has 3 rings (SSSR count). The molecule has 0 radical (unpaired) electrons. The minimum Gasteiger partial charge on any atom is -0.303 e. The van der Waals surface area contributed by atoms with E-state index in [0.717, 1.165) is 43.8 Å². The van der Waals surface area contributed by atoms with Crippen molar-refractivity contribution in [2.24, 2.45) is 5.92 Å². The number of carbonyl (C=O) groups excluding carboxylic acids is 2. The Morgan fingerprint density at radius 3 is 2.55 bits per heavy atom. The Balaban J connectivity index is 1.60. The second kappa shape index (κ2) is 10.9. The van der Waals surface area contributed by atoms with E-state index in [1.807, 2.05) is 19.1 Å². The number of imide groups is 1. The van der Waals surface area contributed by atoms with Gasteiger partial charge in [0.1, 0.15) is 5.82 Å². The number of hydrogen-bond donors (Lipinski definition) is 1. The van der Waals surface area contributed by atoms with Crippen LogP contribution in [-0.4, -0.2) is 36.9 Å². The number of halogens is 1. The molecule has 1 atom stereocenters. The lowest BCUT2D eigenvalue weighted by atomic mass is 9.85. The molecular formula is C24H35FN2O2. The Morgan fingerprint density at radius 2 is 1.93 bits per heavy atom. The largest absolute Gasteiger partial charge is 0.303 e. The minimum absolute atomic E-state index is 0.215. The Bertz CT molecular complexity index is 679. The molecule has 0 bridgehead atoms. The molecule has 1 saturated heterocycles. The van der Waals surface area contributed by atoms with Crippen LogP contribution in [0.3, 0.4) is 0 Å². The molecule has 2 amide bonds. The van der Waals surface area contributed by atoms with Crippen molar-refractivity contribution < 1.29 is 14.0 Å². The summed E-state index contributed by atoms with van der Waals surface area (Å²) >= 11 is 0. The van der Waals surface area contributed by atoms with Crippen molar-refractivity contribution >= 4 is 12.3 Å².